The number of nitrogens with zero attached hydrogens (tertiary/aromatic N) is 1. The van der Waals surface area contributed by atoms with Gasteiger partial charge in [-0.15, -0.1) is 0 Å². The molecule has 1 aromatic carbocycles. The first-order valence-corrected chi connectivity index (χ1v) is 7.28. The summed E-state index contributed by atoms with van der Waals surface area (Å²) in [7, 11) is 0. The predicted molar refractivity (Wildman–Crippen MR) is 87.3 cm³/mol. The number of Topliss-reactive ketones (excluding diaryl/α,β-unsaturated/α-hetero) is 1. The van der Waals surface area contributed by atoms with Gasteiger partial charge in [0.2, 0.25) is 0 Å². The number of hydrogen-bond acceptors (Lipinski definition) is 2. The molecule has 0 bridgehead atoms. The summed E-state index contributed by atoms with van der Waals surface area (Å²) in [5, 5.41) is 0. The number of carbonyl (C=O) groups is 1. The Labute approximate surface area is 123 Å². The lowest BCUT2D eigenvalue weighted by molar-refractivity contribution is -0.115. The van der Waals surface area contributed by atoms with Crippen LogP contribution in [0.2, 0.25) is 0 Å². The Kier molecular flexibility index (Phi) is 5.27. The van der Waals surface area contributed by atoms with Gasteiger partial charge in [-0.05, 0) is 48.4 Å². The minimum atomic E-state index is 0.101. The van der Waals surface area contributed by atoms with Crippen molar-refractivity contribution in [2.24, 2.45) is 4.99 Å². The first kappa shape index (κ1) is 16.6. The molecule has 0 unspecified atom stereocenters. The molecule has 0 radical (unpaired) electrons. The third kappa shape index (κ3) is 4.92. The lowest BCUT2D eigenvalue weighted by Crippen LogP contribution is -2.11. The zero-order valence-electron chi connectivity index (χ0n) is 13.9. The SMILES string of the molecule is CC(=O)CC(C)=Nc1cc(C(C)C)cc(C(C)(C)C)c1. The summed E-state index contributed by atoms with van der Waals surface area (Å²) < 4.78 is 0. The molecule has 20 heavy (non-hydrogen) atoms. The van der Waals surface area contributed by atoms with Gasteiger partial charge in [0.05, 0.1) is 5.69 Å². The van der Waals surface area contributed by atoms with Gasteiger partial charge >= 0.3 is 0 Å². The maximum atomic E-state index is 11.2. The molecule has 1 aromatic rings. The van der Waals surface area contributed by atoms with Crippen LogP contribution in [-0.4, -0.2) is 11.5 Å². The van der Waals surface area contributed by atoms with Crippen molar-refractivity contribution in [2.45, 2.75) is 66.2 Å². The number of rotatable bonds is 4. The van der Waals surface area contributed by atoms with Crippen LogP contribution in [0.4, 0.5) is 5.69 Å². The number of carbonyl (C=O) groups excluding carboxylic acids is 1. The molecule has 0 atom stereocenters. The third-order valence-electron chi connectivity index (χ3n) is 3.30. The van der Waals surface area contributed by atoms with Crippen molar-refractivity contribution >= 4 is 17.2 Å². The van der Waals surface area contributed by atoms with E-state index in [0.29, 0.717) is 12.3 Å². The lowest BCUT2D eigenvalue weighted by atomic mass is 9.84. The normalized spacial score (nSPS) is 12.9. The highest BCUT2D eigenvalue weighted by molar-refractivity contribution is 6.00. The van der Waals surface area contributed by atoms with E-state index in [1.807, 2.05) is 6.92 Å². The van der Waals surface area contributed by atoms with Gasteiger partial charge in [-0.2, -0.15) is 0 Å². The molecule has 1 rings (SSSR count). The molecule has 0 N–H and O–H groups in total. The largest absolute Gasteiger partial charge is 0.300 e. The Morgan fingerprint density at radius 2 is 1.75 bits per heavy atom. The van der Waals surface area contributed by atoms with Crippen molar-refractivity contribution in [3.8, 4) is 0 Å². The molecule has 0 saturated heterocycles. The molecule has 0 aromatic heterocycles. The van der Waals surface area contributed by atoms with Crippen molar-refractivity contribution in [1.29, 1.82) is 0 Å². The van der Waals surface area contributed by atoms with Crippen LogP contribution >= 0.6 is 0 Å². The van der Waals surface area contributed by atoms with Crippen molar-refractivity contribution in [1.82, 2.24) is 0 Å². The van der Waals surface area contributed by atoms with Gasteiger partial charge in [-0.3, -0.25) is 9.79 Å². The van der Waals surface area contributed by atoms with E-state index in [2.05, 4.69) is 57.8 Å². The maximum Gasteiger partial charge on any atom is 0.135 e. The quantitative estimate of drug-likeness (QED) is 0.695. The minimum Gasteiger partial charge on any atom is -0.300 e. The third-order valence-corrected chi connectivity index (χ3v) is 3.30. The van der Waals surface area contributed by atoms with Crippen molar-refractivity contribution in [3.05, 3.63) is 29.3 Å². The fraction of sp³-hybridized carbons (Fsp3) is 0.556. The molecule has 0 fully saturated rings. The molecule has 0 aliphatic rings. The monoisotopic (exact) mass is 273 g/mol. The minimum absolute atomic E-state index is 0.101. The summed E-state index contributed by atoms with van der Waals surface area (Å²) in [6, 6.07) is 6.53. The molecule has 0 saturated carbocycles. The van der Waals surface area contributed by atoms with Crippen LogP contribution in [0.5, 0.6) is 0 Å². The smallest absolute Gasteiger partial charge is 0.135 e. The summed E-state index contributed by atoms with van der Waals surface area (Å²) in [6.45, 7) is 14.5. The molecular formula is C18H27NO. The van der Waals surface area contributed by atoms with E-state index in [-0.39, 0.29) is 11.2 Å². The van der Waals surface area contributed by atoms with E-state index >= 15 is 0 Å². The molecule has 2 heteroatoms. The van der Waals surface area contributed by atoms with Crippen molar-refractivity contribution in [2.75, 3.05) is 0 Å². The first-order valence-electron chi connectivity index (χ1n) is 7.28. The highest BCUT2D eigenvalue weighted by Gasteiger charge is 2.16. The van der Waals surface area contributed by atoms with E-state index in [0.717, 1.165) is 11.4 Å². The Morgan fingerprint density at radius 3 is 2.20 bits per heavy atom. The average molecular weight is 273 g/mol. The second kappa shape index (κ2) is 6.34. The van der Waals surface area contributed by atoms with Gasteiger partial charge in [0.25, 0.3) is 0 Å². The van der Waals surface area contributed by atoms with Crippen LogP contribution in [0.15, 0.2) is 23.2 Å². The number of hydrogen-bond donors (Lipinski definition) is 0. The first-order chi connectivity index (χ1) is 9.09. The Morgan fingerprint density at radius 1 is 1.15 bits per heavy atom. The van der Waals surface area contributed by atoms with Gasteiger partial charge in [-0.25, -0.2) is 0 Å². The standard InChI is InChI=1S/C18H27NO/c1-12(2)15-9-16(18(5,6)7)11-17(10-15)19-13(3)8-14(4)20/h9-12H,8H2,1-7H3. The molecule has 0 amide bonds. The van der Waals surface area contributed by atoms with Crippen LogP contribution < -0.4 is 0 Å². The highest BCUT2D eigenvalue weighted by atomic mass is 16.1. The average Bonchev–Trinajstić information content (AvgIpc) is 2.25. The molecule has 0 aliphatic carbocycles. The lowest BCUT2D eigenvalue weighted by Gasteiger charge is -2.21. The van der Waals surface area contributed by atoms with Gasteiger partial charge in [0.15, 0.2) is 0 Å². The van der Waals surface area contributed by atoms with Gasteiger partial charge in [0.1, 0.15) is 5.78 Å². The topological polar surface area (TPSA) is 29.4 Å². The van der Waals surface area contributed by atoms with Crippen LogP contribution in [0.1, 0.15) is 71.9 Å². The second-order valence-electron chi connectivity index (χ2n) is 6.94. The Balaban J connectivity index is 3.26. The molecule has 0 aliphatic heterocycles. The Hall–Kier alpha value is -1.44. The van der Waals surface area contributed by atoms with Crippen molar-refractivity contribution < 1.29 is 4.79 Å². The Bertz CT molecular complexity index is 519. The second-order valence-corrected chi connectivity index (χ2v) is 6.94. The van der Waals surface area contributed by atoms with Gasteiger partial charge < -0.3 is 0 Å². The zero-order valence-corrected chi connectivity index (χ0v) is 13.9. The van der Waals surface area contributed by atoms with Crippen LogP contribution in [0, 0.1) is 0 Å². The summed E-state index contributed by atoms with van der Waals surface area (Å²) in [5.41, 5.74) is 4.52. The number of benzene rings is 1. The summed E-state index contributed by atoms with van der Waals surface area (Å²) >= 11 is 0. The van der Waals surface area contributed by atoms with E-state index < -0.39 is 0 Å². The predicted octanol–water partition coefficient (Wildman–Crippen LogP) is 5.18. The summed E-state index contributed by atoms with van der Waals surface area (Å²) in [4.78, 5) is 15.8. The molecule has 2 nitrogen and oxygen atoms in total. The fourth-order valence-corrected chi connectivity index (χ4v) is 2.09. The van der Waals surface area contributed by atoms with E-state index in [1.165, 1.54) is 11.1 Å². The molecule has 110 valence electrons. The fourth-order valence-electron chi connectivity index (χ4n) is 2.09. The highest BCUT2D eigenvalue weighted by Crippen LogP contribution is 2.30. The van der Waals surface area contributed by atoms with Crippen LogP contribution in [0.25, 0.3) is 0 Å². The van der Waals surface area contributed by atoms with E-state index in [4.69, 9.17) is 0 Å². The van der Waals surface area contributed by atoms with E-state index in [9.17, 15) is 4.79 Å². The van der Waals surface area contributed by atoms with Crippen LogP contribution in [-0.2, 0) is 10.2 Å². The molecule has 0 heterocycles. The van der Waals surface area contributed by atoms with Crippen LogP contribution in [0.3, 0.4) is 0 Å². The number of aliphatic imine (C=N–C) groups is 1. The molecule has 0 spiro atoms. The zero-order chi connectivity index (χ0) is 15.5. The number of ketones is 1. The van der Waals surface area contributed by atoms with Gasteiger partial charge in [-0.1, -0.05) is 40.7 Å². The van der Waals surface area contributed by atoms with Gasteiger partial charge in [0, 0.05) is 12.1 Å². The van der Waals surface area contributed by atoms with E-state index in [1.54, 1.807) is 6.92 Å². The maximum absolute atomic E-state index is 11.2. The molecular weight excluding hydrogens is 246 g/mol. The van der Waals surface area contributed by atoms with Crippen molar-refractivity contribution in [3.63, 3.8) is 0 Å². The summed E-state index contributed by atoms with van der Waals surface area (Å²) in [5.74, 6) is 0.627. The summed E-state index contributed by atoms with van der Waals surface area (Å²) in [6.07, 6.45) is 0.427.